The third kappa shape index (κ3) is 5.44. The van der Waals surface area contributed by atoms with Gasteiger partial charge in [0.05, 0.1) is 22.9 Å². The van der Waals surface area contributed by atoms with E-state index in [-0.39, 0.29) is 34.6 Å². The summed E-state index contributed by atoms with van der Waals surface area (Å²) in [6, 6.07) is 16.6. The van der Waals surface area contributed by atoms with E-state index in [0.29, 0.717) is 22.9 Å². The summed E-state index contributed by atoms with van der Waals surface area (Å²) in [4.78, 5) is 39.3. The SMILES string of the molecule is Cc1c(NC(=O)CSCC(=O)N(C)Cc2ccccc2Cl)c(=O)n(-c2ccccc2)n1C. The maximum absolute atomic E-state index is 12.9. The van der Waals surface area contributed by atoms with Gasteiger partial charge < -0.3 is 10.2 Å². The summed E-state index contributed by atoms with van der Waals surface area (Å²) in [6.07, 6.45) is 0. The molecule has 9 heteroatoms. The number of hydrogen-bond donors (Lipinski definition) is 1. The maximum Gasteiger partial charge on any atom is 0.295 e. The maximum atomic E-state index is 12.9. The van der Waals surface area contributed by atoms with E-state index in [1.54, 1.807) is 36.7 Å². The van der Waals surface area contributed by atoms with Gasteiger partial charge in [0.2, 0.25) is 11.8 Å². The molecule has 0 spiro atoms. The molecule has 3 rings (SSSR count). The van der Waals surface area contributed by atoms with Gasteiger partial charge in [0, 0.05) is 25.7 Å². The Kier molecular flexibility index (Phi) is 7.82. The van der Waals surface area contributed by atoms with Crippen LogP contribution in [0.4, 0.5) is 5.69 Å². The van der Waals surface area contributed by atoms with E-state index in [2.05, 4.69) is 5.32 Å². The molecule has 168 valence electrons. The lowest BCUT2D eigenvalue weighted by Gasteiger charge is -2.17. The van der Waals surface area contributed by atoms with Gasteiger partial charge in [-0.2, -0.15) is 0 Å². The van der Waals surface area contributed by atoms with Gasteiger partial charge in [0.15, 0.2) is 0 Å². The molecular formula is C23H25ClN4O3S. The predicted molar refractivity (Wildman–Crippen MR) is 130 cm³/mol. The van der Waals surface area contributed by atoms with Crippen LogP contribution in [0.5, 0.6) is 0 Å². The fourth-order valence-corrected chi connectivity index (χ4v) is 4.15. The molecule has 0 bridgehead atoms. The highest BCUT2D eigenvalue weighted by Gasteiger charge is 2.18. The summed E-state index contributed by atoms with van der Waals surface area (Å²) in [6.45, 7) is 2.17. The number of nitrogens with one attached hydrogen (secondary N) is 1. The third-order valence-electron chi connectivity index (χ3n) is 5.07. The summed E-state index contributed by atoms with van der Waals surface area (Å²) < 4.78 is 3.21. The number of hydrogen-bond acceptors (Lipinski definition) is 4. The lowest BCUT2D eigenvalue weighted by molar-refractivity contribution is -0.127. The topological polar surface area (TPSA) is 76.3 Å². The van der Waals surface area contributed by atoms with Crippen LogP contribution in [0.1, 0.15) is 11.3 Å². The van der Waals surface area contributed by atoms with Gasteiger partial charge in [-0.15, -0.1) is 11.8 Å². The Bertz CT molecular complexity index is 1170. The Hall–Kier alpha value is -2.97. The first kappa shape index (κ1) is 23.7. The van der Waals surface area contributed by atoms with Gasteiger partial charge in [0.1, 0.15) is 5.69 Å². The van der Waals surface area contributed by atoms with Crippen molar-refractivity contribution in [1.82, 2.24) is 14.3 Å². The van der Waals surface area contributed by atoms with E-state index in [9.17, 15) is 14.4 Å². The number of halogens is 1. The molecule has 2 amide bonds. The number of aromatic nitrogens is 2. The molecule has 1 N–H and O–H groups in total. The first-order chi connectivity index (χ1) is 15.3. The van der Waals surface area contributed by atoms with Gasteiger partial charge >= 0.3 is 0 Å². The Balaban J connectivity index is 1.56. The highest BCUT2D eigenvalue weighted by Crippen LogP contribution is 2.17. The van der Waals surface area contributed by atoms with Gasteiger partial charge in [-0.3, -0.25) is 19.1 Å². The van der Waals surface area contributed by atoms with Gasteiger partial charge in [-0.05, 0) is 30.7 Å². The van der Waals surface area contributed by atoms with Crippen molar-refractivity contribution in [3.63, 3.8) is 0 Å². The van der Waals surface area contributed by atoms with E-state index in [1.807, 2.05) is 48.5 Å². The number of nitrogens with zero attached hydrogens (tertiary/aromatic N) is 3. The molecule has 32 heavy (non-hydrogen) atoms. The minimum atomic E-state index is -0.331. The molecule has 0 atom stereocenters. The zero-order valence-corrected chi connectivity index (χ0v) is 19.7. The molecular weight excluding hydrogens is 448 g/mol. The first-order valence-corrected chi connectivity index (χ1v) is 11.5. The van der Waals surface area contributed by atoms with Crippen molar-refractivity contribution in [1.29, 1.82) is 0 Å². The van der Waals surface area contributed by atoms with Crippen LogP contribution in [0.25, 0.3) is 5.69 Å². The van der Waals surface area contributed by atoms with Crippen LogP contribution in [-0.2, 0) is 23.2 Å². The van der Waals surface area contributed by atoms with Crippen LogP contribution >= 0.6 is 23.4 Å². The zero-order valence-electron chi connectivity index (χ0n) is 18.2. The van der Waals surface area contributed by atoms with Crippen molar-refractivity contribution >= 4 is 40.9 Å². The van der Waals surface area contributed by atoms with Crippen LogP contribution in [0.2, 0.25) is 5.02 Å². The fourth-order valence-electron chi connectivity index (χ4n) is 3.20. The van der Waals surface area contributed by atoms with Crippen molar-refractivity contribution in [3.8, 4) is 5.69 Å². The molecule has 0 aliphatic carbocycles. The van der Waals surface area contributed by atoms with Crippen molar-refractivity contribution < 1.29 is 9.59 Å². The second-order valence-corrected chi connectivity index (χ2v) is 8.71. The number of anilines is 1. The van der Waals surface area contributed by atoms with E-state index in [4.69, 9.17) is 11.6 Å². The van der Waals surface area contributed by atoms with E-state index in [1.165, 1.54) is 16.4 Å². The summed E-state index contributed by atoms with van der Waals surface area (Å²) in [7, 11) is 3.47. The van der Waals surface area contributed by atoms with Crippen LogP contribution in [-0.4, -0.2) is 44.6 Å². The monoisotopic (exact) mass is 472 g/mol. The Labute approximate surface area is 196 Å². The van der Waals surface area contributed by atoms with Crippen molar-refractivity contribution in [2.45, 2.75) is 13.5 Å². The molecule has 0 fully saturated rings. The molecule has 0 saturated carbocycles. The predicted octanol–water partition coefficient (Wildman–Crippen LogP) is 3.47. The molecule has 0 saturated heterocycles. The molecule has 0 aliphatic rings. The van der Waals surface area contributed by atoms with Gasteiger partial charge in [-0.1, -0.05) is 48.0 Å². The minimum Gasteiger partial charge on any atom is -0.341 e. The van der Waals surface area contributed by atoms with E-state index in [0.717, 1.165) is 5.56 Å². The lowest BCUT2D eigenvalue weighted by Crippen LogP contribution is -2.29. The molecule has 1 heterocycles. The highest BCUT2D eigenvalue weighted by atomic mass is 35.5. The lowest BCUT2D eigenvalue weighted by atomic mass is 10.2. The van der Waals surface area contributed by atoms with Gasteiger partial charge in [0.25, 0.3) is 5.56 Å². The number of carbonyl (C=O) groups is 2. The number of rotatable bonds is 8. The van der Waals surface area contributed by atoms with Crippen LogP contribution < -0.4 is 10.9 Å². The smallest absolute Gasteiger partial charge is 0.295 e. The van der Waals surface area contributed by atoms with Crippen LogP contribution in [0.3, 0.4) is 0 Å². The van der Waals surface area contributed by atoms with Crippen LogP contribution in [0, 0.1) is 6.92 Å². The Morgan fingerprint density at radius 3 is 2.41 bits per heavy atom. The van der Waals surface area contributed by atoms with Gasteiger partial charge in [-0.25, -0.2) is 4.68 Å². The third-order valence-corrected chi connectivity index (χ3v) is 6.35. The summed E-state index contributed by atoms with van der Waals surface area (Å²) in [5, 5.41) is 3.31. The second-order valence-electron chi connectivity index (χ2n) is 7.32. The number of thioether (sulfide) groups is 1. The van der Waals surface area contributed by atoms with Crippen molar-refractivity contribution in [2.75, 3.05) is 23.9 Å². The summed E-state index contributed by atoms with van der Waals surface area (Å²) >= 11 is 7.35. The summed E-state index contributed by atoms with van der Waals surface area (Å²) in [5.74, 6) is -0.228. The molecule has 0 unspecified atom stereocenters. The first-order valence-electron chi connectivity index (χ1n) is 9.98. The quantitative estimate of drug-likeness (QED) is 0.544. The highest BCUT2D eigenvalue weighted by molar-refractivity contribution is 8.00. The minimum absolute atomic E-state index is 0.0603. The van der Waals surface area contributed by atoms with Crippen molar-refractivity contribution in [2.24, 2.45) is 7.05 Å². The largest absolute Gasteiger partial charge is 0.341 e. The normalized spacial score (nSPS) is 10.8. The number of amides is 2. The average Bonchev–Trinajstić information content (AvgIpc) is 2.99. The molecule has 0 aliphatic heterocycles. The average molecular weight is 473 g/mol. The Morgan fingerprint density at radius 1 is 1.06 bits per heavy atom. The van der Waals surface area contributed by atoms with Crippen molar-refractivity contribution in [3.05, 3.63) is 81.2 Å². The molecule has 7 nitrogen and oxygen atoms in total. The Morgan fingerprint density at radius 2 is 1.72 bits per heavy atom. The number of carbonyl (C=O) groups excluding carboxylic acids is 2. The molecule has 2 aromatic carbocycles. The summed E-state index contributed by atoms with van der Waals surface area (Å²) in [5.41, 5.74) is 2.16. The fraction of sp³-hybridized carbons (Fsp3) is 0.261. The van der Waals surface area contributed by atoms with E-state index >= 15 is 0 Å². The second kappa shape index (κ2) is 10.6. The number of benzene rings is 2. The number of para-hydroxylation sites is 1. The molecule has 0 radical (unpaired) electrons. The van der Waals surface area contributed by atoms with E-state index < -0.39 is 0 Å². The molecule has 3 aromatic rings. The van der Waals surface area contributed by atoms with Crippen LogP contribution in [0.15, 0.2) is 59.4 Å². The molecule has 1 aromatic heterocycles. The standard InChI is InChI=1S/C23H25ClN4O3S/c1-16-22(23(31)28(27(16)3)18-10-5-4-6-11-18)25-20(29)14-32-15-21(30)26(2)13-17-9-7-8-12-19(17)24/h4-12H,13-15H2,1-3H3,(H,25,29). The zero-order chi connectivity index (χ0) is 23.3.